The molecule has 2 aromatic heterocycles. The summed E-state index contributed by atoms with van der Waals surface area (Å²) >= 11 is 0. The van der Waals surface area contributed by atoms with Gasteiger partial charge in [-0.15, -0.1) is 0 Å². The Bertz CT molecular complexity index is 820. The van der Waals surface area contributed by atoms with Crippen LogP contribution in [0.5, 0.6) is 0 Å². The van der Waals surface area contributed by atoms with Crippen LogP contribution in [0.15, 0.2) is 49.1 Å². The van der Waals surface area contributed by atoms with Crippen LogP contribution in [0.3, 0.4) is 0 Å². The molecule has 1 aliphatic heterocycles. The minimum absolute atomic E-state index is 0.115. The van der Waals surface area contributed by atoms with Crippen LogP contribution in [0.2, 0.25) is 0 Å². The van der Waals surface area contributed by atoms with Crippen molar-refractivity contribution >= 4 is 0 Å². The molecule has 1 N–H and O–H groups in total. The van der Waals surface area contributed by atoms with Gasteiger partial charge < -0.3 is 9.67 Å². The first-order chi connectivity index (χ1) is 11.3. The fourth-order valence-corrected chi connectivity index (χ4v) is 3.53. The normalized spacial score (nSPS) is 17.0. The Balaban J connectivity index is 1.65. The zero-order valence-corrected chi connectivity index (χ0v) is 13.1. The van der Waals surface area contributed by atoms with E-state index in [4.69, 9.17) is 0 Å². The van der Waals surface area contributed by atoms with E-state index in [2.05, 4.69) is 39.8 Å². The lowest BCUT2D eigenvalue weighted by Gasteiger charge is -2.20. The molecule has 0 radical (unpaired) electrons. The highest BCUT2D eigenvalue weighted by molar-refractivity contribution is 5.68. The second-order valence-electron chi connectivity index (χ2n) is 6.02. The fraction of sp³-hybridized carbons (Fsp3) is 0.333. The molecule has 0 amide bonds. The molecule has 0 fully saturated rings. The minimum Gasteiger partial charge on any atom is -0.387 e. The Hall–Kier alpha value is -2.40. The molecule has 0 saturated heterocycles. The first-order valence-electron chi connectivity index (χ1n) is 8.10. The molecular weight excluding hydrogens is 288 g/mol. The molecular formula is C18H20N4O. The van der Waals surface area contributed by atoms with Crippen LogP contribution in [-0.2, 0) is 6.54 Å². The Kier molecular flexibility index (Phi) is 3.50. The molecule has 3 aromatic rings. The smallest absolute Gasteiger partial charge is 0.0979 e. The zero-order valence-electron chi connectivity index (χ0n) is 13.1. The van der Waals surface area contributed by atoms with Crippen molar-refractivity contribution in [1.29, 1.82) is 0 Å². The van der Waals surface area contributed by atoms with E-state index in [9.17, 15) is 5.11 Å². The first-order valence-corrected chi connectivity index (χ1v) is 8.10. The lowest BCUT2D eigenvalue weighted by Crippen LogP contribution is -2.14. The van der Waals surface area contributed by atoms with Crippen molar-refractivity contribution in [1.82, 2.24) is 19.3 Å². The molecule has 118 valence electrons. The number of hydrogen-bond acceptors (Lipinski definition) is 3. The van der Waals surface area contributed by atoms with E-state index < -0.39 is 6.10 Å². The van der Waals surface area contributed by atoms with Crippen LogP contribution in [0.4, 0.5) is 0 Å². The van der Waals surface area contributed by atoms with Crippen molar-refractivity contribution in [2.75, 3.05) is 0 Å². The predicted molar refractivity (Wildman–Crippen MR) is 87.9 cm³/mol. The van der Waals surface area contributed by atoms with Gasteiger partial charge in [-0.1, -0.05) is 31.2 Å². The van der Waals surface area contributed by atoms with Gasteiger partial charge in [0.25, 0.3) is 0 Å². The number of aromatic nitrogens is 4. The Labute approximate surface area is 135 Å². The number of imidazole rings is 1. The van der Waals surface area contributed by atoms with E-state index in [1.807, 2.05) is 29.3 Å². The highest BCUT2D eigenvalue weighted by atomic mass is 16.3. The van der Waals surface area contributed by atoms with E-state index in [1.54, 1.807) is 6.20 Å². The van der Waals surface area contributed by atoms with Gasteiger partial charge in [0.15, 0.2) is 0 Å². The molecule has 0 bridgehead atoms. The van der Waals surface area contributed by atoms with Gasteiger partial charge >= 0.3 is 0 Å². The van der Waals surface area contributed by atoms with Crippen LogP contribution in [0.25, 0.3) is 11.3 Å². The monoisotopic (exact) mass is 308 g/mol. The lowest BCUT2D eigenvalue weighted by atomic mass is 9.97. The average Bonchev–Trinajstić information content (AvgIpc) is 3.26. The van der Waals surface area contributed by atoms with Gasteiger partial charge in [0, 0.05) is 24.7 Å². The maximum absolute atomic E-state index is 10.8. The van der Waals surface area contributed by atoms with Crippen molar-refractivity contribution in [2.45, 2.75) is 38.5 Å². The van der Waals surface area contributed by atoms with E-state index >= 15 is 0 Å². The van der Waals surface area contributed by atoms with Crippen LogP contribution in [0, 0.1) is 0 Å². The van der Waals surface area contributed by atoms with Gasteiger partial charge in [-0.25, -0.2) is 4.98 Å². The summed E-state index contributed by atoms with van der Waals surface area (Å²) in [7, 11) is 0. The van der Waals surface area contributed by atoms with E-state index in [-0.39, 0.29) is 6.04 Å². The summed E-state index contributed by atoms with van der Waals surface area (Å²) in [6, 6.07) is 10.4. The van der Waals surface area contributed by atoms with Gasteiger partial charge in [-0.2, -0.15) is 5.10 Å². The summed E-state index contributed by atoms with van der Waals surface area (Å²) in [5, 5.41) is 15.1. The third-order valence-corrected chi connectivity index (χ3v) is 4.57. The van der Waals surface area contributed by atoms with Crippen LogP contribution < -0.4 is 0 Å². The Morgan fingerprint density at radius 3 is 3.00 bits per heavy atom. The molecule has 0 aliphatic carbocycles. The number of aliphatic hydroxyl groups excluding tert-OH is 1. The highest BCUT2D eigenvalue weighted by Gasteiger charge is 2.30. The van der Waals surface area contributed by atoms with Gasteiger partial charge in [0.1, 0.15) is 0 Å². The average molecular weight is 308 g/mol. The second kappa shape index (κ2) is 5.66. The molecule has 2 atom stereocenters. The van der Waals surface area contributed by atoms with Gasteiger partial charge in [-0.05, 0) is 18.1 Å². The molecule has 5 nitrogen and oxygen atoms in total. The summed E-state index contributed by atoms with van der Waals surface area (Å²) in [5.41, 5.74) is 4.48. The second-order valence-corrected chi connectivity index (χ2v) is 6.02. The first kappa shape index (κ1) is 14.2. The van der Waals surface area contributed by atoms with E-state index in [0.717, 1.165) is 24.4 Å². The maximum atomic E-state index is 10.8. The van der Waals surface area contributed by atoms with Gasteiger partial charge in [0.2, 0.25) is 0 Å². The SMILES string of the molecule is CCCn1nccc1[C@H](O)C[C@H]1c2ccccc2-c2cncn21. The van der Waals surface area contributed by atoms with E-state index in [1.165, 1.54) is 11.1 Å². The molecule has 0 saturated carbocycles. The van der Waals surface area contributed by atoms with Crippen LogP contribution >= 0.6 is 0 Å². The lowest BCUT2D eigenvalue weighted by molar-refractivity contribution is 0.143. The zero-order chi connectivity index (χ0) is 15.8. The third-order valence-electron chi connectivity index (χ3n) is 4.57. The molecule has 5 heteroatoms. The predicted octanol–water partition coefficient (Wildman–Crippen LogP) is 3.18. The summed E-state index contributed by atoms with van der Waals surface area (Å²) < 4.78 is 4.06. The maximum Gasteiger partial charge on any atom is 0.0979 e. The summed E-state index contributed by atoms with van der Waals surface area (Å²) in [6.45, 7) is 2.94. The van der Waals surface area contributed by atoms with Gasteiger partial charge in [0.05, 0.1) is 36.1 Å². The molecule has 0 spiro atoms. The summed E-state index contributed by atoms with van der Waals surface area (Å²) in [6.07, 6.45) is 6.59. The van der Waals surface area contributed by atoms with Crippen molar-refractivity contribution < 1.29 is 5.11 Å². The van der Waals surface area contributed by atoms with Crippen LogP contribution in [-0.4, -0.2) is 24.4 Å². The summed E-state index contributed by atoms with van der Waals surface area (Å²) in [5.74, 6) is 0. The van der Waals surface area contributed by atoms with Crippen molar-refractivity contribution in [3.63, 3.8) is 0 Å². The van der Waals surface area contributed by atoms with Crippen molar-refractivity contribution in [3.8, 4) is 11.3 Å². The van der Waals surface area contributed by atoms with Crippen LogP contribution in [0.1, 0.15) is 43.2 Å². The topological polar surface area (TPSA) is 55.9 Å². The fourth-order valence-electron chi connectivity index (χ4n) is 3.53. The highest BCUT2D eigenvalue weighted by Crippen LogP contribution is 2.42. The molecule has 1 aromatic carbocycles. The molecule has 3 heterocycles. The number of aryl methyl sites for hydroxylation is 1. The Morgan fingerprint density at radius 1 is 1.26 bits per heavy atom. The molecule has 23 heavy (non-hydrogen) atoms. The quantitative estimate of drug-likeness (QED) is 0.787. The van der Waals surface area contributed by atoms with E-state index in [0.29, 0.717) is 6.42 Å². The number of rotatable bonds is 5. The van der Waals surface area contributed by atoms with Gasteiger partial charge in [-0.3, -0.25) is 4.68 Å². The minimum atomic E-state index is -0.546. The number of hydrogen-bond donors (Lipinski definition) is 1. The van der Waals surface area contributed by atoms with Crippen molar-refractivity contribution in [2.24, 2.45) is 0 Å². The third kappa shape index (κ3) is 2.28. The number of fused-ring (bicyclic) bond motifs is 3. The molecule has 0 unspecified atom stereocenters. The Morgan fingerprint density at radius 2 is 2.13 bits per heavy atom. The number of benzene rings is 1. The summed E-state index contributed by atoms with van der Waals surface area (Å²) in [4.78, 5) is 4.27. The molecule has 4 rings (SSSR count). The number of nitrogens with zero attached hydrogens (tertiary/aromatic N) is 4. The van der Waals surface area contributed by atoms with Crippen molar-refractivity contribution in [3.05, 3.63) is 60.3 Å². The standard InChI is InChI=1S/C18H20N4O/c1-2-9-22-15(7-8-20-22)18(23)10-16-13-5-3-4-6-14(13)17-11-19-12-21(16)17/h3-8,11-12,16,18,23H,2,9-10H2,1H3/t16-,18+/m0/s1. The largest absolute Gasteiger partial charge is 0.387 e. The number of aliphatic hydroxyl groups is 1. The molecule has 1 aliphatic rings.